The fourth-order valence-electron chi connectivity index (χ4n) is 0.319. The van der Waals surface area contributed by atoms with Gasteiger partial charge in [0.15, 0.2) is 0 Å². The van der Waals surface area contributed by atoms with Crippen molar-refractivity contribution in [2.45, 2.75) is 19.1 Å². The Hall–Kier alpha value is 0.110. The summed E-state index contributed by atoms with van der Waals surface area (Å²) in [6.07, 6.45) is 0. The van der Waals surface area contributed by atoms with Crippen LogP contribution >= 0.6 is 24.4 Å². The van der Waals surface area contributed by atoms with Crippen molar-refractivity contribution < 1.29 is 4.79 Å². The van der Waals surface area contributed by atoms with Gasteiger partial charge < -0.3 is 0 Å². The molecule has 0 fully saturated rings. The third-order valence-corrected chi connectivity index (χ3v) is 2.51. The predicted octanol–water partition coefficient (Wildman–Crippen LogP) is 2.14. The van der Waals surface area contributed by atoms with E-state index < -0.39 is 0 Å². The van der Waals surface area contributed by atoms with Crippen LogP contribution in [0.5, 0.6) is 0 Å². The smallest absolute Gasteiger partial charge is 0.214 e. The quantitative estimate of drug-likeness (QED) is 0.524. The van der Waals surface area contributed by atoms with Gasteiger partial charge in [0.25, 0.3) is 0 Å². The van der Waals surface area contributed by atoms with E-state index in [0.717, 1.165) is 5.75 Å². The molecule has 0 rings (SSSR count). The molecular weight excluding hydrogens is 164 g/mol. The molecule has 1 unspecified atom stereocenters. The first-order chi connectivity index (χ1) is 4.54. The molecule has 0 saturated carbocycles. The van der Waals surface area contributed by atoms with Crippen molar-refractivity contribution >= 4 is 29.5 Å². The van der Waals surface area contributed by atoms with Crippen LogP contribution in [0.3, 0.4) is 0 Å². The van der Waals surface area contributed by atoms with Crippen LogP contribution in [0.2, 0.25) is 0 Å². The molecular formula is C7H12OS2. The number of carbonyl (C=O) groups is 1. The maximum atomic E-state index is 10.9. The van der Waals surface area contributed by atoms with Gasteiger partial charge in [-0.2, -0.15) is 12.6 Å². The van der Waals surface area contributed by atoms with Gasteiger partial charge in [-0.05, 0) is 12.5 Å². The van der Waals surface area contributed by atoms with Crippen molar-refractivity contribution in [2.24, 2.45) is 0 Å². The summed E-state index contributed by atoms with van der Waals surface area (Å²) in [7, 11) is 0. The van der Waals surface area contributed by atoms with Crippen molar-refractivity contribution in [3.05, 3.63) is 12.2 Å². The SMILES string of the molecule is C=C(C)C(=O)SCC(C)S. The van der Waals surface area contributed by atoms with Gasteiger partial charge in [-0.15, -0.1) is 0 Å². The molecule has 3 heteroatoms. The maximum absolute atomic E-state index is 10.9. The summed E-state index contributed by atoms with van der Waals surface area (Å²) in [5.41, 5.74) is 0.610. The minimum atomic E-state index is 0.0703. The lowest BCUT2D eigenvalue weighted by molar-refractivity contribution is -0.107. The molecule has 1 nitrogen and oxygen atoms in total. The molecule has 0 radical (unpaired) electrons. The van der Waals surface area contributed by atoms with Crippen molar-refractivity contribution in [3.63, 3.8) is 0 Å². The molecule has 58 valence electrons. The molecule has 0 aliphatic carbocycles. The Morgan fingerprint density at radius 2 is 2.30 bits per heavy atom. The summed E-state index contributed by atoms with van der Waals surface area (Å²) in [6.45, 7) is 7.22. The topological polar surface area (TPSA) is 17.1 Å². The monoisotopic (exact) mass is 176 g/mol. The summed E-state index contributed by atoms with van der Waals surface area (Å²) in [5, 5.41) is 0.342. The summed E-state index contributed by atoms with van der Waals surface area (Å²) >= 11 is 5.42. The van der Waals surface area contributed by atoms with E-state index in [1.807, 2.05) is 6.92 Å². The zero-order valence-corrected chi connectivity index (χ0v) is 7.97. The van der Waals surface area contributed by atoms with Gasteiger partial charge in [-0.25, -0.2) is 0 Å². The normalized spacial score (nSPS) is 12.7. The third kappa shape index (κ3) is 4.94. The fraction of sp³-hybridized carbons (Fsp3) is 0.571. The van der Waals surface area contributed by atoms with Gasteiger partial charge in [0.05, 0.1) is 0 Å². The van der Waals surface area contributed by atoms with Crippen LogP contribution in [0, 0.1) is 0 Å². The van der Waals surface area contributed by atoms with E-state index in [1.165, 1.54) is 11.8 Å². The molecule has 0 bridgehead atoms. The van der Waals surface area contributed by atoms with Gasteiger partial charge >= 0.3 is 0 Å². The highest BCUT2D eigenvalue weighted by molar-refractivity contribution is 8.14. The molecule has 10 heavy (non-hydrogen) atoms. The number of thiol groups is 1. The van der Waals surface area contributed by atoms with Gasteiger partial charge in [0.1, 0.15) is 0 Å². The van der Waals surface area contributed by atoms with Gasteiger partial charge in [0.2, 0.25) is 5.12 Å². The molecule has 0 saturated heterocycles. The zero-order valence-electron chi connectivity index (χ0n) is 6.26. The zero-order chi connectivity index (χ0) is 8.15. The lowest BCUT2D eigenvalue weighted by Crippen LogP contribution is -2.00. The van der Waals surface area contributed by atoms with Gasteiger partial charge in [0, 0.05) is 11.0 Å². The highest BCUT2D eigenvalue weighted by Crippen LogP contribution is 2.11. The number of hydrogen-bond acceptors (Lipinski definition) is 3. The Kier molecular flexibility index (Phi) is 4.91. The van der Waals surface area contributed by atoms with Gasteiger partial charge in [-0.3, -0.25) is 4.79 Å². The predicted molar refractivity (Wildman–Crippen MR) is 50.7 cm³/mol. The third-order valence-electron chi connectivity index (χ3n) is 0.804. The highest BCUT2D eigenvalue weighted by Gasteiger charge is 2.03. The van der Waals surface area contributed by atoms with Crippen molar-refractivity contribution in [1.82, 2.24) is 0 Å². The summed E-state index contributed by atoms with van der Waals surface area (Å²) in [5.74, 6) is 0.759. The molecule has 0 spiro atoms. The van der Waals surface area contributed by atoms with Crippen molar-refractivity contribution in [1.29, 1.82) is 0 Å². The molecule has 0 aromatic heterocycles. The van der Waals surface area contributed by atoms with E-state index >= 15 is 0 Å². The standard InChI is InChI=1S/C7H12OS2/c1-5(2)7(8)10-4-6(3)9/h6,9H,1,4H2,2-3H3. The molecule has 0 aromatic rings. The Morgan fingerprint density at radius 1 is 1.80 bits per heavy atom. The largest absolute Gasteiger partial charge is 0.282 e. The summed E-state index contributed by atoms with van der Waals surface area (Å²) in [6, 6.07) is 0. The van der Waals surface area contributed by atoms with E-state index in [0.29, 0.717) is 5.57 Å². The van der Waals surface area contributed by atoms with E-state index in [9.17, 15) is 4.79 Å². The Bertz CT molecular complexity index is 141. The second-order valence-electron chi connectivity index (χ2n) is 2.23. The fourth-order valence-corrected chi connectivity index (χ4v) is 1.18. The Balaban J connectivity index is 3.50. The van der Waals surface area contributed by atoms with E-state index in [-0.39, 0.29) is 10.4 Å². The molecule has 0 N–H and O–H groups in total. The Labute approximate surface area is 71.7 Å². The average molecular weight is 176 g/mol. The molecule has 0 aromatic carbocycles. The first kappa shape index (κ1) is 10.1. The lowest BCUT2D eigenvalue weighted by atomic mass is 10.4. The molecule has 1 atom stereocenters. The van der Waals surface area contributed by atoms with Crippen LogP contribution in [-0.4, -0.2) is 16.1 Å². The highest BCUT2D eigenvalue weighted by atomic mass is 32.2. The van der Waals surface area contributed by atoms with Crippen molar-refractivity contribution in [3.8, 4) is 0 Å². The van der Waals surface area contributed by atoms with Gasteiger partial charge in [-0.1, -0.05) is 25.3 Å². The number of carbonyl (C=O) groups excluding carboxylic acids is 1. The molecule has 0 heterocycles. The second-order valence-corrected chi connectivity index (χ2v) is 4.10. The lowest BCUT2D eigenvalue weighted by Gasteiger charge is -2.00. The first-order valence-electron chi connectivity index (χ1n) is 3.04. The number of thioether (sulfide) groups is 1. The van der Waals surface area contributed by atoms with Crippen LogP contribution in [0.1, 0.15) is 13.8 Å². The summed E-state index contributed by atoms with van der Waals surface area (Å²) < 4.78 is 0. The molecule has 0 amide bonds. The van der Waals surface area contributed by atoms with E-state index in [1.54, 1.807) is 6.92 Å². The number of rotatable bonds is 3. The van der Waals surface area contributed by atoms with Crippen LogP contribution in [0.15, 0.2) is 12.2 Å². The summed E-state index contributed by atoms with van der Waals surface area (Å²) in [4.78, 5) is 10.9. The van der Waals surface area contributed by atoms with Crippen LogP contribution in [0.4, 0.5) is 0 Å². The minimum absolute atomic E-state index is 0.0703. The second kappa shape index (κ2) is 4.85. The van der Waals surface area contributed by atoms with Crippen molar-refractivity contribution in [2.75, 3.05) is 5.75 Å². The van der Waals surface area contributed by atoms with Crippen LogP contribution < -0.4 is 0 Å². The number of hydrogen-bond donors (Lipinski definition) is 1. The maximum Gasteiger partial charge on any atom is 0.214 e. The average Bonchev–Trinajstić information content (AvgIpc) is 1.82. The first-order valence-corrected chi connectivity index (χ1v) is 4.55. The van der Waals surface area contributed by atoms with Crippen LogP contribution in [-0.2, 0) is 4.79 Å². The minimum Gasteiger partial charge on any atom is -0.282 e. The van der Waals surface area contributed by atoms with E-state index in [2.05, 4.69) is 19.2 Å². The molecule has 0 aliphatic rings. The molecule has 0 aliphatic heterocycles. The van der Waals surface area contributed by atoms with Crippen LogP contribution in [0.25, 0.3) is 0 Å². The Morgan fingerprint density at radius 3 is 2.60 bits per heavy atom. The van der Waals surface area contributed by atoms with E-state index in [4.69, 9.17) is 0 Å².